The molecule has 124 valence electrons. The summed E-state index contributed by atoms with van der Waals surface area (Å²) in [5, 5.41) is 3.47. The molecule has 0 unspecified atom stereocenters. The monoisotopic (exact) mass is 342 g/mol. The van der Waals surface area contributed by atoms with E-state index in [4.69, 9.17) is 11.6 Å². The van der Waals surface area contributed by atoms with Gasteiger partial charge in [-0.2, -0.15) is 0 Å². The normalized spacial score (nSPS) is 14.1. The number of rotatable bonds is 4. The van der Waals surface area contributed by atoms with Crippen LogP contribution in [0.25, 0.3) is 0 Å². The van der Waals surface area contributed by atoms with E-state index in [2.05, 4.69) is 5.32 Å². The van der Waals surface area contributed by atoms with Crippen LogP contribution in [0.2, 0.25) is 5.02 Å². The number of amides is 2. The van der Waals surface area contributed by atoms with Crippen molar-refractivity contribution in [1.29, 1.82) is 0 Å². The number of benzene rings is 2. The Morgan fingerprint density at radius 1 is 1.25 bits per heavy atom. The first kappa shape index (κ1) is 16.5. The Morgan fingerprint density at radius 3 is 2.79 bits per heavy atom. The summed E-state index contributed by atoms with van der Waals surface area (Å²) < 4.78 is 0. The van der Waals surface area contributed by atoms with Crippen molar-refractivity contribution in [3.8, 4) is 0 Å². The van der Waals surface area contributed by atoms with E-state index in [1.54, 1.807) is 12.1 Å². The van der Waals surface area contributed by atoms with Crippen LogP contribution in [-0.2, 0) is 11.3 Å². The highest BCUT2D eigenvalue weighted by Crippen LogP contribution is 2.21. The van der Waals surface area contributed by atoms with E-state index in [1.807, 2.05) is 42.2 Å². The molecule has 0 aliphatic carbocycles. The van der Waals surface area contributed by atoms with Gasteiger partial charge in [0.15, 0.2) is 0 Å². The molecule has 1 aliphatic rings. The fourth-order valence-electron chi connectivity index (χ4n) is 2.78. The number of aryl methyl sites for hydroxylation is 1. The fraction of sp³-hybridized carbons (Fsp3) is 0.263. The van der Waals surface area contributed by atoms with Crippen LogP contribution < -0.4 is 5.32 Å². The lowest BCUT2D eigenvalue weighted by Gasteiger charge is -2.16. The van der Waals surface area contributed by atoms with Gasteiger partial charge in [0.1, 0.15) is 0 Å². The summed E-state index contributed by atoms with van der Waals surface area (Å²) in [7, 11) is 0. The molecule has 3 rings (SSSR count). The van der Waals surface area contributed by atoms with Gasteiger partial charge in [-0.15, -0.1) is 0 Å². The molecule has 0 bridgehead atoms. The minimum Gasteiger partial charge on any atom is -0.338 e. The van der Waals surface area contributed by atoms with Gasteiger partial charge in [0.2, 0.25) is 5.91 Å². The molecule has 0 spiro atoms. The van der Waals surface area contributed by atoms with Gasteiger partial charge < -0.3 is 10.2 Å². The Morgan fingerprint density at radius 2 is 2.08 bits per heavy atom. The predicted octanol–water partition coefficient (Wildman–Crippen LogP) is 4.02. The molecule has 2 amide bonds. The van der Waals surface area contributed by atoms with E-state index in [-0.39, 0.29) is 11.8 Å². The van der Waals surface area contributed by atoms with E-state index < -0.39 is 0 Å². The average molecular weight is 343 g/mol. The van der Waals surface area contributed by atoms with Crippen molar-refractivity contribution in [2.75, 3.05) is 11.9 Å². The van der Waals surface area contributed by atoms with Gasteiger partial charge in [0.05, 0.1) is 0 Å². The second-order valence-corrected chi connectivity index (χ2v) is 6.44. The van der Waals surface area contributed by atoms with Crippen molar-refractivity contribution in [2.45, 2.75) is 26.3 Å². The number of hydrogen-bond acceptors (Lipinski definition) is 2. The molecule has 1 N–H and O–H groups in total. The van der Waals surface area contributed by atoms with Gasteiger partial charge >= 0.3 is 0 Å². The van der Waals surface area contributed by atoms with Crippen molar-refractivity contribution in [2.24, 2.45) is 0 Å². The van der Waals surface area contributed by atoms with E-state index in [9.17, 15) is 9.59 Å². The Kier molecular flexibility index (Phi) is 4.86. The van der Waals surface area contributed by atoms with E-state index in [0.29, 0.717) is 29.2 Å². The zero-order valence-electron chi connectivity index (χ0n) is 13.5. The second-order valence-electron chi connectivity index (χ2n) is 6.04. The van der Waals surface area contributed by atoms with Crippen molar-refractivity contribution in [1.82, 2.24) is 4.90 Å². The Labute approximate surface area is 146 Å². The van der Waals surface area contributed by atoms with Gasteiger partial charge in [-0.3, -0.25) is 9.59 Å². The summed E-state index contributed by atoms with van der Waals surface area (Å²) in [6.07, 6.45) is 1.53. The number of hydrogen-bond donors (Lipinski definition) is 1. The van der Waals surface area contributed by atoms with Gasteiger partial charge in [-0.1, -0.05) is 29.8 Å². The molecule has 0 aromatic heterocycles. The molecule has 5 heteroatoms. The molecule has 1 aliphatic heterocycles. The third-order valence-corrected chi connectivity index (χ3v) is 4.57. The molecule has 0 saturated carbocycles. The zero-order valence-corrected chi connectivity index (χ0v) is 14.3. The summed E-state index contributed by atoms with van der Waals surface area (Å²) >= 11 is 6.09. The van der Waals surface area contributed by atoms with Crippen molar-refractivity contribution < 1.29 is 9.59 Å². The van der Waals surface area contributed by atoms with Gasteiger partial charge in [0, 0.05) is 35.8 Å². The van der Waals surface area contributed by atoms with Crippen LogP contribution in [0.1, 0.15) is 34.3 Å². The largest absolute Gasteiger partial charge is 0.338 e. The maximum Gasteiger partial charge on any atom is 0.255 e. The first-order valence-corrected chi connectivity index (χ1v) is 8.35. The Bertz CT molecular complexity index is 789. The summed E-state index contributed by atoms with van der Waals surface area (Å²) in [5.74, 6) is -0.0105. The van der Waals surface area contributed by atoms with E-state index >= 15 is 0 Å². The summed E-state index contributed by atoms with van der Waals surface area (Å²) in [6.45, 7) is 3.25. The first-order valence-electron chi connectivity index (χ1n) is 7.97. The number of nitrogens with zero attached hydrogens (tertiary/aromatic N) is 1. The van der Waals surface area contributed by atoms with Crippen LogP contribution in [0.3, 0.4) is 0 Å². The number of carbonyl (C=O) groups is 2. The molecule has 4 nitrogen and oxygen atoms in total. The SMILES string of the molecule is Cc1ccc(NC(=O)c2cccc(CN3CCCC3=O)c2)cc1Cl. The topological polar surface area (TPSA) is 49.4 Å². The number of halogens is 1. The van der Waals surface area contributed by atoms with Gasteiger partial charge in [-0.05, 0) is 48.7 Å². The van der Waals surface area contributed by atoms with Crippen LogP contribution in [0.15, 0.2) is 42.5 Å². The molecule has 2 aromatic carbocycles. The van der Waals surface area contributed by atoms with Crippen LogP contribution in [0.4, 0.5) is 5.69 Å². The molecule has 0 atom stereocenters. The third kappa shape index (κ3) is 3.77. The number of likely N-dealkylation sites (tertiary alicyclic amines) is 1. The van der Waals surface area contributed by atoms with Gasteiger partial charge in [-0.25, -0.2) is 0 Å². The minimum atomic E-state index is -0.190. The van der Waals surface area contributed by atoms with Crippen molar-refractivity contribution >= 4 is 29.1 Å². The maximum atomic E-state index is 12.4. The molecular weight excluding hydrogens is 324 g/mol. The smallest absolute Gasteiger partial charge is 0.255 e. The second kappa shape index (κ2) is 7.05. The molecular formula is C19H19ClN2O2. The number of nitrogens with one attached hydrogen (secondary N) is 1. The van der Waals surface area contributed by atoms with E-state index in [1.165, 1.54) is 0 Å². The molecule has 1 saturated heterocycles. The third-order valence-electron chi connectivity index (χ3n) is 4.16. The Hall–Kier alpha value is -2.33. The maximum absolute atomic E-state index is 12.4. The fourth-order valence-corrected chi connectivity index (χ4v) is 2.96. The standard InChI is InChI=1S/C19H19ClN2O2/c1-13-7-8-16(11-17(13)20)21-19(24)15-5-2-4-14(10-15)12-22-9-3-6-18(22)23/h2,4-5,7-8,10-11H,3,6,9,12H2,1H3,(H,21,24). The molecule has 2 aromatic rings. The lowest BCUT2D eigenvalue weighted by molar-refractivity contribution is -0.128. The van der Waals surface area contributed by atoms with E-state index in [0.717, 1.165) is 24.1 Å². The summed E-state index contributed by atoms with van der Waals surface area (Å²) in [5.41, 5.74) is 3.15. The molecule has 0 radical (unpaired) electrons. The highest BCUT2D eigenvalue weighted by atomic mass is 35.5. The first-order chi connectivity index (χ1) is 11.5. The van der Waals surface area contributed by atoms with Crippen LogP contribution in [-0.4, -0.2) is 23.3 Å². The summed E-state index contributed by atoms with van der Waals surface area (Å²) in [6, 6.07) is 12.8. The van der Waals surface area contributed by atoms with Gasteiger partial charge in [0.25, 0.3) is 5.91 Å². The van der Waals surface area contributed by atoms with Crippen molar-refractivity contribution in [3.05, 3.63) is 64.2 Å². The minimum absolute atomic E-state index is 0.180. The molecule has 24 heavy (non-hydrogen) atoms. The quantitative estimate of drug-likeness (QED) is 0.912. The average Bonchev–Trinajstić information content (AvgIpc) is 2.96. The highest BCUT2D eigenvalue weighted by molar-refractivity contribution is 6.31. The zero-order chi connectivity index (χ0) is 17.1. The number of anilines is 1. The number of carbonyl (C=O) groups excluding carboxylic acids is 2. The predicted molar refractivity (Wildman–Crippen MR) is 95.2 cm³/mol. The summed E-state index contributed by atoms with van der Waals surface area (Å²) in [4.78, 5) is 26.0. The van der Waals surface area contributed by atoms with Crippen LogP contribution in [0.5, 0.6) is 0 Å². The Balaban J connectivity index is 1.71. The lowest BCUT2D eigenvalue weighted by Crippen LogP contribution is -2.24. The lowest BCUT2D eigenvalue weighted by atomic mass is 10.1. The van der Waals surface area contributed by atoms with Crippen LogP contribution in [0, 0.1) is 6.92 Å². The van der Waals surface area contributed by atoms with Crippen LogP contribution >= 0.6 is 11.6 Å². The van der Waals surface area contributed by atoms with Crippen molar-refractivity contribution in [3.63, 3.8) is 0 Å². The molecule has 1 fully saturated rings. The molecule has 1 heterocycles. The highest BCUT2D eigenvalue weighted by Gasteiger charge is 2.20.